The van der Waals surface area contributed by atoms with Gasteiger partial charge in [0.25, 0.3) is 0 Å². The Morgan fingerprint density at radius 2 is 1.28 bits per heavy atom. The lowest BCUT2D eigenvalue weighted by atomic mass is 9.89. The number of fused-ring (bicyclic) bond motifs is 1. The van der Waals surface area contributed by atoms with Gasteiger partial charge in [0.15, 0.2) is 0 Å². The Hall–Kier alpha value is -3.13. The Morgan fingerprint density at radius 1 is 0.694 bits per heavy atom. The molecule has 0 spiro atoms. The Bertz CT molecular complexity index is 1220. The predicted molar refractivity (Wildman–Crippen MR) is 159 cm³/mol. The molecule has 36 heavy (non-hydrogen) atoms. The van der Waals surface area contributed by atoms with E-state index in [9.17, 15) is 0 Å². The van der Waals surface area contributed by atoms with Crippen LogP contribution in [0, 0.1) is 5.92 Å². The molecule has 1 heterocycles. The molecule has 4 rings (SSSR count). The number of hydrogen-bond acceptors (Lipinski definition) is 2. The highest BCUT2D eigenvalue weighted by atomic mass is 15.0. The lowest BCUT2D eigenvalue weighted by molar-refractivity contribution is 0.473. The van der Waals surface area contributed by atoms with E-state index in [-0.39, 0.29) is 6.04 Å². The van der Waals surface area contributed by atoms with Crippen LogP contribution >= 0.6 is 0 Å². The Kier molecular flexibility index (Phi) is 9.70. The van der Waals surface area contributed by atoms with Crippen molar-refractivity contribution in [1.29, 1.82) is 0 Å². The number of benzene rings is 3. The molecule has 2 atom stereocenters. The van der Waals surface area contributed by atoms with Gasteiger partial charge in [-0.2, -0.15) is 0 Å². The molecule has 0 saturated carbocycles. The molecule has 0 fully saturated rings. The number of nitrogens with zero attached hydrogens (tertiary/aromatic N) is 1. The third-order valence-corrected chi connectivity index (χ3v) is 7.04. The summed E-state index contributed by atoms with van der Waals surface area (Å²) in [5.74, 6) is 1.35. The molecule has 0 bridgehead atoms. The van der Waals surface area contributed by atoms with E-state index >= 15 is 0 Å². The van der Waals surface area contributed by atoms with Crippen molar-refractivity contribution >= 4 is 16.5 Å². The van der Waals surface area contributed by atoms with Crippen molar-refractivity contribution in [2.24, 2.45) is 5.92 Å². The van der Waals surface area contributed by atoms with Crippen LogP contribution in [0.3, 0.4) is 0 Å². The zero-order valence-electron chi connectivity index (χ0n) is 23.5. The van der Waals surface area contributed by atoms with Crippen molar-refractivity contribution < 1.29 is 0 Å². The van der Waals surface area contributed by atoms with E-state index in [2.05, 4.69) is 126 Å². The van der Waals surface area contributed by atoms with E-state index in [1.807, 2.05) is 13.8 Å². The van der Waals surface area contributed by atoms with Crippen LogP contribution in [0.2, 0.25) is 0 Å². The topological polar surface area (TPSA) is 24.9 Å². The number of para-hydroxylation sites is 1. The minimum absolute atomic E-state index is 0.136. The highest BCUT2D eigenvalue weighted by molar-refractivity contribution is 5.95. The van der Waals surface area contributed by atoms with Crippen molar-refractivity contribution in [2.75, 3.05) is 5.32 Å². The van der Waals surface area contributed by atoms with Crippen LogP contribution in [0.15, 0.2) is 78.9 Å². The van der Waals surface area contributed by atoms with Gasteiger partial charge in [-0.3, -0.25) is 4.98 Å². The Labute approximate surface area is 219 Å². The van der Waals surface area contributed by atoms with Gasteiger partial charge in [0.1, 0.15) is 0 Å². The first-order chi connectivity index (χ1) is 17.4. The van der Waals surface area contributed by atoms with Gasteiger partial charge in [-0.25, -0.2) is 0 Å². The second kappa shape index (κ2) is 12.7. The van der Waals surface area contributed by atoms with Crippen LogP contribution in [0.25, 0.3) is 22.0 Å². The minimum atomic E-state index is 0.136. The highest BCUT2D eigenvalue weighted by Crippen LogP contribution is 2.37. The lowest BCUT2D eigenvalue weighted by Gasteiger charge is -2.30. The van der Waals surface area contributed by atoms with E-state index in [0.29, 0.717) is 17.8 Å². The van der Waals surface area contributed by atoms with Gasteiger partial charge >= 0.3 is 0 Å². The maximum absolute atomic E-state index is 5.25. The van der Waals surface area contributed by atoms with Crippen molar-refractivity contribution in [1.82, 2.24) is 4.98 Å². The quantitative estimate of drug-likeness (QED) is 0.271. The van der Waals surface area contributed by atoms with Gasteiger partial charge < -0.3 is 5.32 Å². The lowest BCUT2D eigenvalue weighted by Crippen LogP contribution is -2.22. The summed E-state index contributed by atoms with van der Waals surface area (Å²) in [7, 11) is 0. The number of rotatable bonds is 8. The van der Waals surface area contributed by atoms with Crippen LogP contribution in [0.5, 0.6) is 0 Å². The first kappa shape index (κ1) is 27.5. The number of nitrogens with one attached hydrogen (secondary N) is 1. The zero-order valence-corrected chi connectivity index (χ0v) is 23.5. The van der Waals surface area contributed by atoms with Crippen LogP contribution in [0.4, 0.5) is 5.69 Å². The smallest absolute Gasteiger partial charge is 0.0712 e. The van der Waals surface area contributed by atoms with Crippen molar-refractivity contribution in [3.05, 3.63) is 95.7 Å². The fraction of sp³-hybridized carbons (Fsp3) is 0.382. The van der Waals surface area contributed by atoms with Gasteiger partial charge in [-0.1, -0.05) is 129 Å². The van der Waals surface area contributed by atoms with Crippen molar-refractivity contribution in [3.63, 3.8) is 0 Å². The molecule has 4 aromatic rings. The molecule has 0 amide bonds. The fourth-order valence-corrected chi connectivity index (χ4v) is 4.84. The molecule has 2 heteroatoms. The zero-order chi connectivity index (χ0) is 26.2. The molecule has 0 aliphatic rings. The summed E-state index contributed by atoms with van der Waals surface area (Å²) >= 11 is 0. The first-order valence-electron chi connectivity index (χ1n) is 13.7. The number of hydrogen-bond donors (Lipinski definition) is 1. The number of aromatic nitrogens is 1. The van der Waals surface area contributed by atoms with Gasteiger partial charge in [0, 0.05) is 11.3 Å². The van der Waals surface area contributed by atoms with E-state index in [1.165, 1.54) is 33.2 Å². The summed E-state index contributed by atoms with van der Waals surface area (Å²) < 4.78 is 0. The maximum Gasteiger partial charge on any atom is 0.0712 e. The highest BCUT2D eigenvalue weighted by Gasteiger charge is 2.24. The van der Waals surface area contributed by atoms with Crippen molar-refractivity contribution in [2.45, 2.75) is 79.7 Å². The van der Waals surface area contributed by atoms with E-state index < -0.39 is 0 Å². The first-order valence-corrected chi connectivity index (χ1v) is 13.7. The molecule has 0 radical (unpaired) electrons. The molecular formula is C34H44N2. The average Bonchev–Trinajstić information content (AvgIpc) is 2.91. The van der Waals surface area contributed by atoms with E-state index in [0.717, 1.165) is 17.8 Å². The van der Waals surface area contributed by atoms with Crippen LogP contribution in [-0.2, 0) is 0 Å². The fourth-order valence-electron chi connectivity index (χ4n) is 4.84. The number of anilines is 1. The molecule has 0 aliphatic heterocycles. The van der Waals surface area contributed by atoms with Crippen LogP contribution in [0.1, 0.15) is 96.5 Å². The monoisotopic (exact) mass is 480 g/mol. The third-order valence-electron chi connectivity index (χ3n) is 7.04. The summed E-state index contributed by atoms with van der Waals surface area (Å²) in [4.78, 5) is 5.25. The summed E-state index contributed by atoms with van der Waals surface area (Å²) in [6.45, 7) is 17.7. The Morgan fingerprint density at radius 3 is 1.92 bits per heavy atom. The summed E-state index contributed by atoms with van der Waals surface area (Å²) in [6.07, 6.45) is 1.08. The molecule has 1 aromatic heterocycles. The van der Waals surface area contributed by atoms with Gasteiger partial charge in [-0.15, -0.1) is 0 Å². The normalized spacial score (nSPS) is 12.8. The van der Waals surface area contributed by atoms with Crippen molar-refractivity contribution in [3.8, 4) is 11.3 Å². The number of pyridine rings is 1. The molecule has 1 N–H and O–H groups in total. The summed E-state index contributed by atoms with van der Waals surface area (Å²) in [5, 5.41) is 6.49. The SMILES string of the molecule is CC.CCC(C)C(Nc1c(C(C)C)cccc1C(C)C)c1cccc(-c2cccc3ccccc23)n1. The molecular weight excluding hydrogens is 436 g/mol. The summed E-state index contributed by atoms with van der Waals surface area (Å²) in [6, 6.07) is 28.4. The summed E-state index contributed by atoms with van der Waals surface area (Å²) in [5.41, 5.74) is 7.37. The standard InChI is InChI=1S/C32H38N2.C2H6/c1-7-23(6)31(34-32-25(21(2)3)16-11-17-26(32)22(4)5)30-20-12-19-29(33-30)28-18-10-14-24-13-8-9-15-27(24)28;1-2/h8-23,31,34H,7H2,1-6H3;1-2H3. The van der Waals surface area contributed by atoms with Gasteiger partial charge in [0.05, 0.1) is 17.4 Å². The predicted octanol–water partition coefficient (Wildman–Crippen LogP) is 10.4. The average molecular weight is 481 g/mol. The molecule has 2 unspecified atom stereocenters. The molecule has 0 saturated heterocycles. The van der Waals surface area contributed by atoms with Gasteiger partial charge in [0.2, 0.25) is 0 Å². The van der Waals surface area contributed by atoms with E-state index in [4.69, 9.17) is 4.98 Å². The molecule has 190 valence electrons. The van der Waals surface area contributed by atoms with Crippen LogP contribution < -0.4 is 5.32 Å². The Balaban J connectivity index is 0.00000176. The third kappa shape index (κ3) is 5.98. The van der Waals surface area contributed by atoms with Crippen LogP contribution in [-0.4, -0.2) is 4.98 Å². The molecule has 2 nitrogen and oxygen atoms in total. The second-order valence-electron chi connectivity index (χ2n) is 10.1. The largest absolute Gasteiger partial charge is 0.376 e. The second-order valence-corrected chi connectivity index (χ2v) is 10.1. The minimum Gasteiger partial charge on any atom is -0.376 e. The van der Waals surface area contributed by atoms with E-state index in [1.54, 1.807) is 0 Å². The molecule has 0 aliphatic carbocycles. The van der Waals surface area contributed by atoms with Gasteiger partial charge in [-0.05, 0) is 51.8 Å². The maximum atomic E-state index is 5.25. The molecule has 3 aromatic carbocycles.